The van der Waals surface area contributed by atoms with Gasteiger partial charge in [0.2, 0.25) is 0 Å². The van der Waals surface area contributed by atoms with Crippen LogP contribution in [-0.4, -0.2) is 47.8 Å². The van der Waals surface area contributed by atoms with Crippen molar-refractivity contribution in [1.29, 1.82) is 0 Å². The molecule has 0 aromatic heterocycles. The molecule has 2 atom stereocenters. The maximum Gasteiger partial charge on any atom is 0.318 e. The average molecular weight is 304 g/mol. The van der Waals surface area contributed by atoms with Gasteiger partial charge in [0.15, 0.2) is 0 Å². The van der Waals surface area contributed by atoms with E-state index in [1.54, 1.807) is 4.90 Å². The van der Waals surface area contributed by atoms with Crippen molar-refractivity contribution in [3.8, 4) is 0 Å². The van der Waals surface area contributed by atoms with Gasteiger partial charge < -0.3 is 20.1 Å². The summed E-state index contributed by atoms with van der Waals surface area (Å²) in [6, 6.07) is 7.04. The Balaban J connectivity index is 1.64. The van der Waals surface area contributed by atoms with Crippen molar-refractivity contribution >= 4 is 12.0 Å². The van der Waals surface area contributed by atoms with Gasteiger partial charge in [0.1, 0.15) is 0 Å². The Kier molecular flexibility index (Phi) is 4.02. The van der Waals surface area contributed by atoms with Gasteiger partial charge in [-0.1, -0.05) is 24.3 Å². The largest absolute Gasteiger partial charge is 0.481 e. The Morgan fingerprint density at radius 2 is 2.00 bits per heavy atom. The molecule has 0 saturated carbocycles. The van der Waals surface area contributed by atoms with E-state index in [4.69, 9.17) is 4.74 Å². The lowest BCUT2D eigenvalue weighted by molar-refractivity contribution is -0.138. The van der Waals surface area contributed by atoms with Gasteiger partial charge >= 0.3 is 12.0 Å². The molecule has 2 N–H and O–H groups in total. The number of benzene rings is 1. The molecule has 2 unspecified atom stereocenters. The van der Waals surface area contributed by atoms with E-state index < -0.39 is 11.9 Å². The average Bonchev–Trinajstić information content (AvgIpc) is 2.81. The van der Waals surface area contributed by atoms with E-state index in [9.17, 15) is 14.7 Å². The minimum absolute atomic E-state index is 0.124. The zero-order valence-corrected chi connectivity index (χ0v) is 12.5. The number of rotatable bonds is 4. The van der Waals surface area contributed by atoms with E-state index in [1.165, 1.54) is 0 Å². The molecule has 1 saturated heterocycles. The molecule has 1 fully saturated rings. The SMILES string of the molecule is CCOC1CN(C(=O)NC2CC(C(=O)O)c3ccccc32)C1. The van der Waals surface area contributed by atoms with Crippen LogP contribution in [0.15, 0.2) is 24.3 Å². The van der Waals surface area contributed by atoms with Crippen molar-refractivity contribution in [1.82, 2.24) is 10.2 Å². The van der Waals surface area contributed by atoms with Crippen molar-refractivity contribution in [2.45, 2.75) is 31.4 Å². The Hall–Kier alpha value is -2.08. The number of nitrogens with one attached hydrogen (secondary N) is 1. The predicted molar refractivity (Wildman–Crippen MR) is 79.7 cm³/mol. The highest BCUT2D eigenvalue weighted by Crippen LogP contribution is 2.40. The van der Waals surface area contributed by atoms with Crippen molar-refractivity contribution in [3.05, 3.63) is 35.4 Å². The number of amides is 2. The highest BCUT2D eigenvalue weighted by molar-refractivity contribution is 5.80. The number of ether oxygens (including phenoxy) is 1. The van der Waals surface area contributed by atoms with Crippen LogP contribution in [0.4, 0.5) is 4.79 Å². The zero-order valence-electron chi connectivity index (χ0n) is 12.5. The topological polar surface area (TPSA) is 78.9 Å². The first kappa shape index (κ1) is 14.8. The van der Waals surface area contributed by atoms with Crippen LogP contribution in [0.25, 0.3) is 0 Å². The number of fused-ring (bicyclic) bond motifs is 1. The Morgan fingerprint density at radius 1 is 1.32 bits per heavy atom. The van der Waals surface area contributed by atoms with E-state index in [0.29, 0.717) is 26.1 Å². The van der Waals surface area contributed by atoms with Crippen LogP contribution in [0, 0.1) is 0 Å². The minimum Gasteiger partial charge on any atom is -0.481 e. The second-order valence-corrected chi connectivity index (χ2v) is 5.74. The zero-order chi connectivity index (χ0) is 15.7. The molecule has 2 amide bonds. The lowest BCUT2D eigenvalue weighted by Crippen LogP contribution is -2.58. The quantitative estimate of drug-likeness (QED) is 0.888. The number of carbonyl (C=O) groups excluding carboxylic acids is 1. The fourth-order valence-corrected chi connectivity index (χ4v) is 3.19. The molecule has 22 heavy (non-hydrogen) atoms. The van der Waals surface area contributed by atoms with Crippen LogP contribution in [-0.2, 0) is 9.53 Å². The predicted octanol–water partition coefficient (Wildman–Crippen LogP) is 1.73. The molecule has 2 aliphatic rings. The summed E-state index contributed by atoms with van der Waals surface area (Å²) >= 11 is 0. The van der Waals surface area contributed by atoms with Crippen molar-refractivity contribution in [2.75, 3.05) is 19.7 Å². The first-order valence-electron chi connectivity index (χ1n) is 7.58. The highest BCUT2D eigenvalue weighted by Gasteiger charge is 2.38. The van der Waals surface area contributed by atoms with E-state index in [-0.39, 0.29) is 18.2 Å². The van der Waals surface area contributed by atoms with Gasteiger partial charge in [0.05, 0.1) is 31.2 Å². The summed E-state index contributed by atoms with van der Waals surface area (Å²) in [5, 5.41) is 12.3. The summed E-state index contributed by atoms with van der Waals surface area (Å²) < 4.78 is 5.43. The fourth-order valence-electron chi connectivity index (χ4n) is 3.19. The second-order valence-electron chi connectivity index (χ2n) is 5.74. The molecule has 6 nitrogen and oxygen atoms in total. The number of aliphatic carboxylic acids is 1. The van der Waals surface area contributed by atoms with Gasteiger partial charge in [-0.25, -0.2) is 4.79 Å². The van der Waals surface area contributed by atoms with Gasteiger partial charge in [0.25, 0.3) is 0 Å². The second kappa shape index (κ2) is 5.96. The van der Waals surface area contributed by atoms with Gasteiger partial charge in [-0.15, -0.1) is 0 Å². The standard InChI is InChI=1S/C16H20N2O4/c1-2-22-10-8-18(9-10)16(21)17-14-7-13(15(19)20)11-5-3-4-6-12(11)14/h3-6,10,13-14H,2,7-9H2,1H3,(H,17,21)(H,19,20). The fraction of sp³-hybridized carbons (Fsp3) is 0.500. The third-order valence-electron chi connectivity index (χ3n) is 4.35. The molecular formula is C16H20N2O4. The summed E-state index contributed by atoms with van der Waals surface area (Å²) in [4.78, 5) is 25.3. The monoisotopic (exact) mass is 304 g/mol. The number of hydrogen-bond acceptors (Lipinski definition) is 3. The van der Waals surface area contributed by atoms with Crippen molar-refractivity contribution < 1.29 is 19.4 Å². The Morgan fingerprint density at radius 3 is 2.64 bits per heavy atom. The molecule has 3 rings (SSSR count). The first-order valence-corrected chi connectivity index (χ1v) is 7.58. The highest BCUT2D eigenvalue weighted by atomic mass is 16.5. The van der Waals surface area contributed by atoms with Crippen LogP contribution in [0.5, 0.6) is 0 Å². The molecule has 0 radical (unpaired) electrons. The minimum atomic E-state index is -0.843. The van der Waals surface area contributed by atoms with E-state index >= 15 is 0 Å². The smallest absolute Gasteiger partial charge is 0.318 e. The van der Waals surface area contributed by atoms with Crippen molar-refractivity contribution in [2.24, 2.45) is 0 Å². The maximum absolute atomic E-state index is 12.2. The van der Waals surface area contributed by atoms with Crippen LogP contribution in [0.2, 0.25) is 0 Å². The summed E-state index contributed by atoms with van der Waals surface area (Å²) in [5.74, 6) is -1.39. The number of hydrogen-bond donors (Lipinski definition) is 2. The summed E-state index contributed by atoms with van der Waals surface area (Å²) in [6.07, 6.45) is 0.529. The lowest BCUT2D eigenvalue weighted by atomic mass is 10.0. The van der Waals surface area contributed by atoms with Crippen molar-refractivity contribution in [3.63, 3.8) is 0 Å². The Labute approximate surface area is 129 Å². The number of carbonyl (C=O) groups is 2. The molecule has 0 spiro atoms. The molecule has 1 aliphatic heterocycles. The summed E-state index contributed by atoms with van der Waals surface area (Å²) in [7, 11) is 0. The summed E-state index contributed by atoms with van der Waals surface area (Å²) in [6.45, 7) is 3.77. The van der Waals surface area contributed by atoms with Crippen LogP contribution < -0.4 is 5.32 Å². The van der Waals surface area contributed by atoms with E-state index in [2.05, 4.69) is 5.32 Å². The molecule has 6 heteroatoms. The number of carboxylic acids is 1. The summed E-state index contributed by atoms with van der Waals surface area (Å²) in [5.41, 5.74) is 1.71. The normalized spacial score (nSPS) is 23.8. The van der Waals surface area contributed by atoms with E-state index in [0.717, 1.165) is 11.1 Å². The van der Waals surface area contributed by atoms with Gasteiger partial charge in [-0.3, -0.25) is 4.79 Å². The van der Waals surface area contributed by atoms with Crippen LogP contribution in [0.3, 0.4) is 0 Å². The molecule has 1 heterocycles. The molecule has 1 aromatic rings. The molecular weight excluding hydrogens is 284 g/mol. The molecule has 0 bridgehead atoms. The van der Waals surface area contributed by atoms with Gasteiger partial charge in [-0.05, 0) is 24.5 Å². The molecule has 1 aromatic carbocycles. The number of carboxylic acid groups (broad SMARTS) is 1. The maximum atomic E-state index is 12.2. The van der Waals surface area contributed by atoms with Gasteiger partial charge in [0, 0.05) is 6.61 Å². The first-order chi connectivity index (χ1) is 10.6. The van der Waals surface area contributed by atoms with Crippen LogP contribution in [0.1, 0.15) is 36.4 Å². The lowest BCUT2D eigenvalue weighted by Gasteiger charge is -2.39. The molecule has 1 aliphatic carbocycles. The number of nitrogens with zero attached hydrogens (tertiary/aromatic N) is 1. The van der Waals surface area contributed by atoms with Gasteiger partial charge in [-0.2, -0.15) is 0 Å². The van der Waals surface area contributed by atoms with Crippen LogP contribution >= 0.6 is 0 Å². The third-order valence-corrected chi connectivity index (χ3v) is 4.35. The number of urea groups is 1. The van der Waals surface area contributed by atoms with E-state index in [1.807, 2.05) is 31.2 Å². The number of likely N-dealkylation sites (tertiary alicyclic amines) is 1. The third kappa shape index (κ3) is 2.66. The Bertz CT molecular complexity index is 583. The molecule has 118 valence electrons.